The van der Waals surface area contributed by atoms with E-state index in [2.05, 4.69) is 20.6 Å². The van der Waals surface area contributed by atoms with Gasteiger partial charge in [-0.3, -0.25) is 0 Å². The van der Waals surface area contributed by atoms with Crippen LogP contribution in [0.1, 0.15) is 5.76 Å². The zero-order valence-corrected chi connectivity index (χ0v) is 15.6. The summed E-state index contributed by atoms with van der Waals surface area (Å²) in [6.07, 6.45) is 1.65. The second-order valence-corrected chi connectivity index (χ2v) is 6.01. The lowest BCUT2D eigenvalue weighted by atomic mass is 10.2. The van der Waals surface area contributed by atoms with Crippen molar-refractivity contribution in [1.82, 2.24) is 9.97 Å². The summed E-state index contributed by atoms with van der Waals surface area (Å²) in [5.41, 5.74) is 1.54. The zero-order valence-electron chi connectivity index (χ0n) is 15.6. The van der Waals surface area contributed by atoms with Crippen LogP contribution in [0.4, 0.5) is 17.5 Å². The van der Waals surface area contributed by atoms with E-state index in [0.29, 0.717) is 35.5 Å². The van der Waals surface area contributed by atoms with Crippen molar-refractivity contribution >= 4 is 28.4 Å². The Morgan fingerprint density at radius 1 is 0.929 bits per heavy atom. The molecule has 0 unspecified atom stereocenters. The quantitative estimate of drug-likeness (QED) is 0.488. The smallest absolute Gasteiger partial charge is 0.229 e. The minimum atomic E-state index is 0.451. The van der Waals surface area contributed by atoms with Crippen LogP contribution in [-0.4, -0.2) is 24.2 Å². The van der Waals surface area contributed by atoms with Gasteiger partial charge in [0, 0.05) is 5.39 Å². The number of rotatable bonds is 7. The van der Waals surface area contributed by atoms with Crippen LogP contribution in [0.25, 0.3) is 10.9 Å². The minimum Gasteiger partial charge on any atom is -0.493 e. The van der Waals surface area contributed by atoms with Crippen LogP contribution < -0.4 is 20.1 Å². The Bertz CT molecular complexity index is 1080. The minimum absolute atomic E-state index is 0.451. The highest BCUT2D eigenvalue weighted by molar-refractivity contribution is 5.90. The molecule has 0 bridgehead atoms. The van der Waals surface area contributed by atoms with Crippen LogP contribution in [0.2, 0.25) is 0 Å². The predicted molar refractivity (Wildman–Crippen MR) is 108 cm³/mol. The molecule has 4 rings (SSSR count). The number of hydrogen-bond acceptors (Lipinski definition) is 7. The average Bonchev–Trinajstić information content (AvgIpc) is 3.25. The zero-order chi connectivity index (χ0) is 19.3. The summed E-state index contributed by atoms with van der Waals surface area (Å²) >= 11 is 0. The lowest BCUT2D eigenvalue weighted by Crippen LogP contribution is -2.06. The summed E-state index contributed by atoms with van der Waals surface area (Å²) in [6, 6.07) is 17.2. The van der Waals surface area contributed by atoms with E-state index in [-0.39, 0.29) is 0 Å². The first-order chi connectivity index (χ1) is 13.8. The highest BCUT2D eigenvalue weighted by atomic mass is 16.5. The molecular formula is C21H20N4O3. The highest BCUT2D eigenvalue weighted by Crippen LogP contribution is 2.36. The van der Waals surface area contributed by atoms with E-state index in [1.807, 2.05) is 54.6 Å². The van der Waals surface area contributed by atoms with Gasteiger partial charge in [0.2, 0.25) is 5.95 Å². The molecule has 0 radical (unpaired) electrons. The average molecular weight is 376 g/mol. The topological polar surface area (TPSA) is 81.4 Å². The van der Waals surface area contributed by atoms with Crippen molar-refractivity contribution in [3.63, 3.8) is 0 Å². The largest absolute Gasteiger partial charge is 0.493 e. The van der Waals surface area contributed by atoms with Gasteiger partial charge >= 0.3 is 0 Å². The van der Waals surface area contributed by atoms with Crippen molar-refractivity contribution in [1.29, 1.82) is 0 Å². The van der Waals surface area contributed by atoms with Gasteiger partial charge in [0.15, 0.2) is 11.5 Å². The maximum atomic E-state index is 5.48. The van der Waals surface area contributed by atoms with Crippen LogP contribution in [0.15, 0.2) is 65.3 Å². The summed E-state index contributed by atoms with van der Waals surface area (Å²) < 4.78 is 16.2. The molecule has 2 aromatic heterocycles. The van der Waals surface area contributed by atoms with Crippen molar-refractivity contribution in [3.05, 3.63) is 66.6 Å². The molecule has 2 heterocycles. The van der Waals surface area contributed by atoms with Crippen LogP contribution in [0, 0.1) is 0 Å². The maximum absolute atomic E-state index is 5.48. The maximum Gasteiger partial charge on any atom is 0.229 e. The Balaban J connectivity index is 1.70. The number of ether oxygens (including phenoxy) is 2. The van der Waals surface area contributed by atoms with Crippen LogP contribution in [0.5, 0.6) is 11.5 Å². The third-order valence-electron chi connectivity index (χ3n) is 4.26. The Labute approximate surface area is 162 Å². The second kappa shape index (κ2) is 7.87. The summed E-state index contributed by atoms with van der Waals surface area (Å²) in [5.74, 6) is 3.21. The van der Waals surface area contributed by atoms with Gasteiger partial charge in [0.05, 0.1) is 38.2 Å². The van der Waals surface area contributed by atoms with E-state index in [1.54, 1.807) is 20.5 Å². The Morgan fingerprint density at radius 3 is 2.61 bits per heavy atom. The number of benzene rings is 2. The Morgan fingerprint density at radius 2 is 1.82 bits per heavy atom. The first-order valence-electron chi connectivity index (χ1n) is 8.79. The molecule has 0 aliphatic heterocycles. The molecular weight excluding hydrogens is 356 g/mol. The fraction of sp³-hybridized carbons (Fsp3) is 0.143. The molecule has 142 valence electrons. The molecule has 0 fully saturated rings. The molecule has 7 nitrogen and oxygen atoms in total. The number of nitrogens with one attached hydrogen (secondary N) is 2. The van der Waals surface area contributed by atoms with E-state index in [0.717, 1.165) is 16.7 Å². The fourth-order valence-electron chi connectivity index (χ4n) is 2.96. The van der Waals surface area contributed by atoms with Crippen LogP contribution >= 0.6 is 0 Å². The summed E-state index contributed by atoms with van der Waals surface area (Å²) in [4.78, 5) is 9.28. The molecule has 0 saturated heterocycles. The number of aromatic nitrogens is 2. The van der Waals surface area contributed by atoms with Gasteiger partial charge in [-0.25, -0.2) is 4.98 Å². The van der Waals surface area contributed by atoms with Gasteiger partial charge in [0.25, 0.3) is 0 Å². The molecule has 28 heavy (non-hydrogen) atoms. The molecule has 2 aromatic carbocycles. The van der Waals surface area contributed by atoms with Crippen molar-refractivity contribution in [2.24, 2.45) is 0 Å². The molecule has 2 N–H and O–H groups in total. The van der Waals surface area contributed by atoms with Crippen LogP contribution in [0.3, 0.4) is 0 Å². The lowest BCUT2D eigenvalue weighted by molar-refractivity contribution is 0.356. The predicted octanol–water partition coefficient (Wildman–Crippen LogP) is 4.60. The standard InChI is InChI=1S/C21H20N4O3/c1-26-18-11-5-10-17(19(18)27-2)24-21-23-16-9-4-3-8-15(16)20(25-21)22-13-14-7-6-12-28-14/h3-12H,13H2,1-2H3,(H2,22,23,24,25). The number of methoxy groups -OCH3 is 2. The molecule has 0 saturated carbocycles. The molecule has 0 atom stereocenters. The molecule has 4 aromatic rings. The van der Waals surface area contributed by atoms with E-state index < -0.39 is 0 Å². The number of nitrogens with zero attached hydrogens (tertiary/aromatic N) is 2. The van der Waals surface area contributed by atoms with Gasteiger partial charge < -0.3 is 24.5 Å². The monoisotopic (exact) mass is 376 g/mol. The Hall–Kier alpha value is -3.74. The summed E-state index contributed by atoms with van der Waals surface area (Å²) in [6.45, 7) is 0.524. The lowest BCUT2D eigenvalue weighted by Gasteiger charge is -2.15. The number of hydrogen-bond donors (Lipinski definition) is 2. The van der Waals surface area contributed by atoms with Crippen molar-refractivity contribution in [3.8, 4) is 11.5 Å². The van der Waals surface area contributed by atoms with Gasteiger partial charge in [0.1, 0.15) is 11.6 Å². The third-order valence-corrected chi connectivity index (χ3v) is 4.26. The number of fused-ring (bicyclic) bond motifs is 1. The summed E-state index contributed by atoms with van der Waals surface area (Å²) in [5, 5.41) is 7.49. The normalized spacial score (nSPS) is 10.6. The van der Waals surface area contributed by atoms with Crippen molar-refractivity contribution in [2.75, 3.05) is 24.9 Å². The van der Waals surface area contributed by atoms with E-state index in [1.165, 1.54) is 0 Å². The van der Waals surface area contributed by atoms with E-state index in [4.69, 9.17) is 13.9 Å². The molecule has 0 spiro atoms. The van der Waals surface area contributed by atoms with Gasteiger partial charge in [-0.05, 0) is 36.4 Å². The highest BCUT2D eigenvalue weighted by Gasteiger charge is 2.13. The fourth-order valence-corrected chi connectivity index (χ4v) is 2.96. The number of anilines is 3. The van der Waals surface area contributed by atoms with E-state index >= 15 is 0 Å². The first kappa shape index (κ1) is 17.7. The molecule has 0 amide bonds. The molecule has 0 aliphatic rings. The summed E-state index contributed by atoms with van der Waals surface area (Å²) in [7, 11) is 3.20. The number of para-hydroxylation sites is 2. The SMILES string of the molecule is COc1cccc(Nc2nc(NCc3ccco3)c3ccccc3n2)c1OC. The number of furan rings is 1. The third kappa shape index (κ3) is 3.55. The van der Waals surface area contributed by atoms with Gasteiger partial charge in [-0.1, -0.05) is 18.2 Å². The van der Waals surface area contributed by atoms with Gasteiger partial charge in [-0.2, -0.15) is 4.98 Å². The Kier molecular flexibility index (Phi) is 4.97. The molecule has 7 heteroatoms. The van der Waals surface area contributed by atoms with Crippen molar-refractivity contribution in [2.45, 2.75) is 6.54 Å². The van der Waals surface area contributed by atoms with Crippen LogP contribution in [-0.2, 0) is 6.54 Å². The second-order valence-electron chi connectivity index (χ2n) is 6.01. The first-order valence-corrected chi connectivity index (χ1v) is 8.79. The van der Waals surface area contributed by atoms with E-state index in [9.17, 15) is 0 Å². The van der Waals surface area contributed by atoms with Crippen molar-refractivity contribution < 1.29 is 13.9 Å². The molecule has 0 aliphatic carbocycles. The van der Waals surface area contributed by atoms with Gasteiger partial charge in [-0.15, -0.1) is 0 Å².